The number of rotatable bonds is 6. The van der Waals surface area contributed by atoms with Gasteiger partial charge in [-0.25, -0.2) is 13.2 Å². The van der Waals surface area contributed by atoms with Crippen molar-refractivity contribution in [2.24, 2.45) is 0 Å². The van der Waals surface area contributed by atoms with Gasteiger partial charge in [0.2, 0.25) is 0 Å². The number of hydrogen-bond donors (Lipinski definition) is 1. The third-order valence-electron chi connectivity index (χ3n) is 1.97. The molecule has 2 nitrogen and oxygen atoms in total. The minimum absolute atomic E-state index is 0.0937. The molecule has 0 aromatic heterocycles. The van der Waals surface area contributed by atoms with Crippen LogP contribution in [0.15, 0.2) is 18.2 Å². The lowest BCUT2D eigenvalue weighted by Gasteiger charge is -2.12. The summed E-state index contributed by atoms with van der Waals surface area (Å²) >= 11 is 0. The van der Waals surface area contributed by atoms with Gasteiger partial charge in [0.1, 0.15) is 6.61 Å². The van der Waals surface area contributed by atoms with Crippen LogP contribution in [-0.2, 0) is 6.54 Å². The molecule has 0 saturated carbocycles. The molecule has 0 bridgehead atoms. The van der Waals surface area contributed by atoms with E-state index in [1.54, 1.807) is 6.07 Å². The van der Waals surface area contributed by atoms with Gasteiger partial charge in [0.05, 0.1) is 0 Å². The van der Waals surface area contributed by atoms with Crippen LogP contribution >= 0.6 is 0 Å². The summed E-state index contributed by atoms with van der Waals surface area (Å²) in [6.45, 7) is 2.22. The molecule has 0 fully saturated rings. The topological polar surface area (TPSA) is 21.3 Å². The highest BCUT2D eigenvalue weighted by molar-refractivity contribution is 5.34. The predicted molar refractivity (Wildman–Crippen MR) is 55.3 cm³/mol. The van der Waals surface area contributed by atoms with E-state index in [2.05, 4.69) is 5.32 Å². The molecule has 0 spiro atoms. The Bertz CT molecular complexity index is 331. The molecule has 1 aromatic carbocycles. The minimum Gasteiger partial charge on any atom is -0.484 e. The fraction of sp³-hybridized carbons (Fsp3) is 0.455. The van der Waals surface area contributed by atoms with Gasteiger partial charge in [-0.2, -0.15) is 0 Å². The second kappa shape index (κ2) is 6.37. The highest BCUT2D eigenvalue weighted by Gasteiger charge is 2.12. The Hall–Kier alpha value is -1.23. The average Bonchev–Trinajstić information content (AvgIpc) is 2.24. The summed E-state index contributed by atoms with van der Waals surface area (Å²) in [5, 5.41) is 2.99. The van der Waals surface area contributed by atoms with Crippen molar-refractivity contribution in [2.75, 3.05) is 13.2 Å². The number of hydrogen-bond acceptors (Lipinski definition) is 2. The molecule has 0 amide bonds. The molecular weight excluding hydrogens is 219 g/mol. The van der Waals surface area contributed by atoms with Gasteiger partial charge in [0.25, 0.3) is 6.43 Å². The van der Waals surface area contributed by atoms with E-state index in [0.717, 1.165) is 0 Å². The normalized spacial score (nSPS) is 10.8. The molecule has 0 aliphatic carbocycles. The number of ether oxygens (including phenoxy) is 1. The number of alkyl halides is 2. The highest BCUT2D eigenvalue weighted by Crippen LogP contribution is 2.23. The Labute approximate surface area is 92.4 Å². The zero-order valence-electron chi connectivity index (χ0n) is 8.97. The van der Waals surface area contributed by atoms with Crippen molar-refractivity contribution >= 4 is 0 Å². The molecule has 0 heterocycles. The second-order valence-corrected chi connectivity index (χ2v) is 3.21. The Morgan fingerprint density at radius 3 is 2.75 bits per heavy atom. The second-order valence-electron chi connectivity index (χ2n) is 3.21. The van der Waals surface area contributed by atoms with Crippen LogP contribution in [0, 0.1) is 5.82 Å². The third-order valence-corrected chi connectivity index (χ3v) is 1.97. The third kappa shape index (κ3) is 3.73. The SMILES string of the molecule is CCNCc1cccc(F)c1OCC(F)F. The first-order valence-corrected chi connectivity index (χ1v) is 5.04. The van der Waals surface area contributed by atoms with E-state index >= 15 is 0 Å². The van der Waals surface area contributed by atoms with Crippen molar-refractivity contribution < 1.29 is 17.9 Å². The molecule has 5 heteroatoms. The van der Waals surface area contributed by atoms with Gasteiger partial charge in [-0.05, 0) is 12.6 Å². The van der Waals surface area contributed by atoms with E-state index in [9.17, 15) is 13.2 Å². The molecule has 0 radical (unpaired) electrons. The fourth-order valence-electron chi connectivity index (χ4n) is 1.26. The zero-order chi connectivity index (χ0) is 12.0. The van der Waals surface area contributed by atoms with Crippen LogP contribution in [0.5, 0.6) is 5.75 Å². The molecule has 0 saturated heterocycles. The molecule has 90 valence electrons. The quantitative estimate of drug-likeness (QED) is 0.815. The molecule has 0 atom stereocenters. The Morgan fingerprint density at radius 1 is 1.38 bits per heavy atom. The lowest BCUT2D eigenvalue weighted by atomic mass is 10.2. The first kappa shape index (κ1) is 12.8. The molecular formula is C11H14F3NO. The van der Waals surface area contributed by atoms with Crippen LogP contribution in [0.2, 0.25) is 0 Å². The molecule has 0 aliphatic rings. The molecule has 1 aromatic rings. The van der Waals surface area contributed by atoms with E-state index in [-0.39, 0.29) is 5.75 Å². The maximum atomic E-state index is 13.3. The molecule has 16 heavy (non-hydrogen) atoms. The van der Waals surface area contributed by atoms with E-state index < -0.39 is 18.8 Å². The molecule has 0 unspecified atom stereocenters. The summed E-state index contributed by atoms with van der Waals surface area (Å²) in [6, 6.07) is 4.36. The number of halogens is 3. The van der Waals surface area contributed by atoms with Crippen molar-refractivity contribution in [3.8, 4) is 5.75 Å². The van der Waals surface area contributed by atoms with E-state index in [0.29, 0.717) is 18.7 Å². The van der Waals surface area contributed by atoms with Crippen LogP contribution in [0.4, 0.5) is 13.2 Å². The number of para-hydroxylation sites is 1. The first-order chi connectivity index (χ1) is 7.65. The summed E-state index contributed by atoms with van der Waals surface area (Å²) in [5.41, 5.74) is 0.544. The number of benzene rings is 1. The van der Waals surface area contributed by atoms with Crippen LogP contribution < -0.4 is 10.1 Å². The zero-order valence-corrected chi connectivity index (χ0v) is 8.97. The standard InChI is InChI=1S/C11H14F3NO/c1-2-15-6-8-4-3-5-9(12)11(8)16-7-10(13)14/h3-5,10,15H,2,6-7H2,1H3. The van der Waals surface area contributed by atoms with Gasteiger partial charge < -0.3 is 10.1 Å². The van der Waals surface area contributed by atoms with Gasteiger partial charge in [0.15, 0.2) is 11.6 Å². The molecule has 1 rings (SSSR count). The minimum atomic E-state index is -2.61. The average molecular weight is 233 g/mol. The van der Waals surface area contributed by atoms with Crippen molar-refractivity contribution in [2.45, 2.75) is 19.9 Å². The Balaban J connectivity index is 2.77. The Kier molecular flexibility index (Phi) is 5.11. The van der Waals surface area contributed by atoms with Gasteiger partial charge in [-0.3, -0.25) is 0 Å². The summed E-state index contributed by atoms with van der Waals surface area (Å²) in [5.74, 6) is -0.709. The van der Waals surface area contributed by atoms with Crippen molar-refractivity contribution in [1.82, 2.24) is 5.32 Å². The largest absolute Gasteiger partial charge is 0.484 e. The van der Waals surface area contributed by atoms with Crippen molar-refractivity contribution in [1.29, 1.82) is 0 Å². The highest BCUT2D eigenvalue weighted by atomic mass is 19.3. The molecule has 0 aliphatic heterocycles. The van der Waals surface area contributed by atoms with Crippen LogP contribution in [0.1, 0.15) is 12.5 Å². The van der Waals surface area contributed by atoms with Gasteiger partial charge in [-0.1, -0.05) is 19.1 Å². The van der Waals surface area contributed by atoms with Gasteiger partial charge in [-0.15, -0.1) is 0 Å². The van der Waals surface area contributed by atoms with Crippen molar-refractivity contribution in [3.63, 3.8) is 0 Å². The predicted octanol–water partition coefficient (Wildman–Crippen LogP) is 2.58. The maximum Gasteiger partial charge on any atom is 0.272 e. The fourth-order valence-corrected chi connectivity index (χ4v) is 1.26. The van der Waals surface area contributed by atoms with Crippen LogP contribution in [0.3, 0.4) is 0 Å². The summed E-state index contributed by atoms with van der Waals surface area (Å²) in [4.78, 5) is 0. The molecule has 1 N–H and O–H groups in total. The van der Waals surface area contributed by atoms with Gasteiger partial charge in [0, 0.05) is 12.1 Å². The van der Waals surface area contributed by atoms with Crippen LogP contribution in [0.25, 0.3) is 0 Å². The monoisotopic (exact) mass is 233 g/mol. The van der Waals surface area contributed by atoms with Gasteiger partial charge >= 0.3 is 0 Å². The summed E-state index contributed by atoms with van der Waals surface area (Å²) < 4.78 is 42.0. The smallest absolute Gasteiger partial charge is 0.272 e. The van der Waals surface area contributed by atoms with E-state index in [1.807, 2.05) is 6.92 Å². The van der Waals surface area contributed by atoms with E-state index in [4.69, 9.17) is 4.74 Å². The van der Waals surface area contributed by atoms with Crippen LogP contribution in [-0.4, -0.2) is 19.6 Å². The lowest BCUT2D eigenvalue weighted by Crippen LogP contribution is -2.15. The Morgan fingerprint density at radius 2 is 2.12 bits per heavy atom. The van der Waals surface area contributed by atoms with Crippen molar-refractivity contribution in [3.05, 3.63) is 29.6 Å². The van der Waals surface area contributed by atoms with E-state index in [1.165, 1.54) is 12.1 Å². The first-order valence-electron chi connectivity index (χ1n) is 5.04. The lowest BCUT2D eigenvalue weighted by molar-refractivity contribution is 0.0793. The summed E-state index contributed by atoms with van der Waals surface area (Å²) in [7, 11) is 0. The number of nitrogens with one attached hydrogen (secondary N) is 1. The summed E-state index contributed by atoms with van der Waals surface area (Å²) in [6.07, 6.45) is -2.61. The maximum absolute atomic E-state index is 13.3.